The standard InChI is InChI=1S/C14H18N2OS/c1-16(13(17)9-10-5-4-6-10)12-8-3-2-7-11(12)14(15)18/h2-3,7-8,10H,4-6,9H2,1H3,(H2,15,18). The molecule has 0 atom stereocenters. The Kier molecular flexibility index (Phi) is 3.97. The maximum Gasteiger partial charge on any atom is 0.227 e. The molecule has 0 unspecified atom stereocenters. The van der Waals surface area contributed by atoms with Crippen molar-refractivity contribution in [3.05, 3.63) is 29.8 Å². The van der Waals surface area contributed by atoms with Crippen LogP contribution in [-0.2, 0) is 4.79 Å². The van der Waals surface area contributed by atoms with Gasteiger partial charge in [0.05, 0.1) is 5.69 Å². The molecule has 0 spiro atoms. The Balaban J connectivity index is 2.14. The van der Waals surface area contributed by atoms with Crippen LogP contribution in [-0.4, -0.2) is 17.9 Å². The van der Waals surface area contributed by atoms with Gasteiger partial charge in [0.25, 0.3) is 0 Å². The smallest absolute Gasteiger partial charge is 0.227 e. The number of hydrogen-bond acceptors (Lipinski definition) is 2. The van der Waals surface area contributed by atoms with Crippen molar-refractivity contribution in [2.24, 2.45) is 11.7 Å². The highest BCUT2D eigenvalue weighted by Gasteiger charge is 2.23. The topological polar surface area (TPSA) is 46.3 Å². The van der Waals surface area contributed by atoms with Crippen molar-refractivity contribution in [3.63, 3.8) is 0 Å². The van der Waals surface area contributed by atoms with Crippen LogP contribution in [0.5, 0.6) is 0 Å². The van der Waals surface area contributed by atoms with Crippen molar-refractivity contribution < 1.29 is 4.79 Å². The Morgan fingerprint density at radius 2 is 2.11 bits per heavy atom. The molecule has 4 heteroatoms. The largest absolute Gasteiger partial charge is 0.389 e. The van der Waals surface area contributed by atoms with E-state index in [1.54, 1.807) is 11.9 Å². The lowest BCUT2D eigenvalue weighted by Gasteiger charge is -2.28. The van der Waals surface area contributed by atoms with Crippen molar-refractivity contribution in [2.75, 3.05) is 11.9 Å². The number of carbonyl (C=O) groups is 1. The maximum atomic E-state index is 12.2. The van der Waals surface area contributed by atoms with Crippen molar-refractivity contribution in [3.8, 4) is 0 Å². The summed E-state index contributed by atoms with van der Waals surface area (Å²) < 4.78 is 0. The summed E-state index contributed by atoms with van der Waals surface area (Å²) in [5.41, 5.74) is 7.25. The summed E-state index contributed by atoms with van der Waals surface area (Å²) in [5, 5.41) is 0. The van der Waals surface area contributed by atoms with Crippen LogP contribution in [0.15, 0.2) is 24.3 Å². The number of nitrogens with zero attached hydrogens (tertiary/aromatic N) is 1. The van der Waals surface area contributed by atoms with Gasteiger partial charge >= 0.3 is 0 Å². The number of amides is 1. The summed E-state index contributed by atoms with van der Waals surface area (Å²) in [6.07, 6.45) is 4.24. The van der Waals surface area contributed by atoms with E-state index in [2.05, 4.69) is 0 Å². The molecule has 1 saturated carbocycles. The second-order valence-electron chi connectivity index (χ2n) is 4.84. The monoisotopic (exact) mass is 262 g/mol. The third-order valence-corrected chi connectivity index (χ3v) is 3.81. The SMILES string of the molecule is CN(C(=O)CC1CCC1)c1ccccc1C(N)=S. The summed E-state index contributed by atoms with van der Waals surface area (Å²) in [5.74, 6) is 0.709. The average Bonchev–Trinajstić information content (AvgIpc) is 2.32. The first-order chi connectivity index (χ1) is 8.59. The Hall–Kier alpha value is -1.42. The number of rotatable bonds is 4. The Morgan fingerprint density at radius 1 is 1.44 bits per heavy atom. The lowest BCUT2D eigenvalue weighted by molar-refractivity contribution is -0.119. The molecule has 2 N–H and O–H groups in total. The fourth-order valence-electron chi connectivity index (χ4n) is 2.19. The minimum Gasteiger partial charge on any atom is -0.389 e. The van der Waals surface area contributed by atoms with E-state index in [9.17, 15) is 4.79 Å². The van der Waals surface area contributed by atoms with E-state index in [0.29, 0.717) is 17.3 Å². The molecule has 0 heterocycles. The van der Waals surface area contributed by atoms with E-state index in [1.807, 2.05) is 24.3 Å². The fraction of sp³-hybridized carbons (Fsp3) is 0.429. The number of anilines is 1. The van der Waals surface area contributed by atoms with Gasteiger partial charge in [0, 0.05) is 19.0 Å². The molecule has 1 fully saturated rings. The van der Waals surface area contributed by atoms with Crippen LogP contribution in [0.2, 0.25) is 0 Å². The molecule has 1 amide bonds. The van der Waals surface area contributed by atoms with E-state index in [-0.39, 0.29) is 5.91 Å². The highest BCUT2D eigenvalue weighted by atomic mass is 32.1. The summed E-state index contributed by atoms with van der Waals surface area (Å²) in [4.78, 5) is 14.2. The molecule has 0 aliphatic heterocycles. The van der Waals surface area contributed by atoms with Crippen molar-refractivity contribution >= 4 is 28.8 Å². The molecular formula is C14H18N2OS. The van der Waals surface area contributed by atoms with Crippen LogP contribution in [0, 0.1) is 5.92 Å². The van der Waals surface area contributed by atoms with Gasteiger partial charge in [0.2, 0.25) is 5.91 Å². The quantitative estimate of drug-likeness (QED) is 0.848. The lowest BCUT2D eigenvalue weighted by atomic mass is 9.82. The summed E-state index contributed by atoms with van der Waals surface area (Å²) >= 11 is 5.02. The minimum atomic E-state index is 0.142. The first kappa shape index (κ1) is 13.0. The van der Waals surface area contributed by atoms with E-state index >= 15 is 0 Å². The zero-order valence-electron chi connectivity index (χ0n) is 10.6. The Morgan fingerprint density at radius 3 is 2.67 bits per heavy atom. The molecule has 0 saturated heterocycles. The van der Waals surface area contributed by atoms with Gasteiger partial charge in [-0.15, -0.1) is 0 Å². The number of hydrogen-bond donors (Lipinski definition) is 1. The van der Waals surface area contributed by atoms with E-state index < -0.39 is 0 Å². The van der Waals surface area contributed by atoms with Crippen molar-refractivity contribution in [1.82, 2.24) is 0 Å². The summed E-state index contributed by atoms with van der Waals surface area (Å²) in [7, 11) is 1.79. The zero-order valence-corrected chi connectivity index (χ0v) is 11.4. The molecule has 2 rings (SSSR count). The second kappa shape index (κ2) is 5.48. The number of para-hydroxylation sites is 1. The van der Waals surface area contributed by atoms with Gasteiger partial charge in [-0.1, -0.05) is 30.8 Å². The minimum absolute atomic E-state index is 0.142. The van der Waals surface area contributed by atoms with E-state index in [0.717, 1.165) is 11.3 Å². The third-order valence-electron chi connectivity index (χ3n) is 3.59. The van der Waals surface area contributed by atoms with Crippen LogP contribution in [0.1, 0.15) is 31.2 Å². The van der Waals surface area contributed by atoms with E-state index in [1.165, 1.54) is 19.3 Å². The molecular weight excluding hydrogens is 244 g/mol. The average molecular weight is 262 g/mol. The van der Waals surface area contributed by atoms with Crippen LogP contribution in [0.3, 0.4) is 0 Å². The van der Waals surface area contributed by atoms with Crippen LogP contribution >= 0.6 is 12.2 Å². The van der Waals surface area contributed by atoms with E-state index in [4.69, 9.17) is 18.0 Å². The Labute approximate surface area is 113 Å². The maximum absolute atomic E-state index is 12.2. The molecule has 18 heavy (non-hydrogen) atoms. The number of benzene rings is 1. The third kappa shape index (κ3) is 2.70. The van der Waals surface area contributed by atoms with Crippen LogP contribution < -0.4 is 10.6 Å². The molecule has 1 aliphatic carbocycles. The highest BCUT2D eigenvalue weighted by molar-refractivity contribution is 7.80. The molecule has 0 aromatic heterocycles. The Bertz CT molecular complexity index is 469. The molecule has 0 radical (unpaired) electrons. The van der Waals surface area contributed by atoms with Gasteiger partial charge in [0.1, 0.15) is 4.99 Å². The van der Waals surface area contributed by atoms with Gasteiger partial charge in [-0.2, -0.15) is 0 Å². The van der Waals surface area contributed by atoms with Crippen LogP contribution in [0.4, 0.5) is 5.69 Å². The normalized spacial score (nSPS) is 14.9. The predicted molar refractivity (Wildman–Crippen MR) is 77.7 cm³/mol. The molecule has 1 aromatic carbocycles. The fourth-order valence-corrected chi connectivity index (χ4v) is 2.36. The molecule has 1 aromatic rings. The first-order valence-electron chi connectivity index (χ1n) is 6.25. The molecule has 0 bridgehead atoms. The second-order valence-corrected chi connectivity index (χ2v) is 5.28. The summed E-state index contributed by atoms with van der Waals surface area (Å²) in [6.45, 7) is 0. The molecule has 3 nitrogen and oxygen atoms in total. The number of thiocarbonyl (C=S) groups is 1. The van der Waals surface area contributed by atoms with Gasteiger partial charge in [-0.25, -0.2) is 0 Å². The van der Waals surface area contributed by atoms with Gasteiger partial charge in [-0.05, 0) is 30.9 Å². The number of carbonyl (C=O) groups excluding carboxylic acids is 1. The van der Waals surface area contributed by atoms with Crippen molar-refractivity contribution in [1.29, 1.82) is 0 Å². The highest BCUT2D eigenvalue weighted by Crippen LogP contribution is 2.30. The first-order valence-corrected chi connectivity index (χ1v) is 6.66. The molecule has 1 aliphatic rings. The van der Waals surface area contributed by atoms with Crippen LogP contribution in [0.25, 0.3) is 0 Å². The summed E-state index contributed by atoms with van der Waals surface area (Å²) in [6, 6.07) is 7.50. The lowest BCUT2D eigenvalue weighted by Crippen LogP contribution is -2.31. The molecule has 96 valence electrons. The van der Waals surface area contributed by atoms with Gasteiger partial charge in [-0.3, -0.25) is 4.79 Å². The van der Waals surface area contributed by atoms with Gasteiger partial charge in [0.15, 0.2) is 0 Å². The number of nitrogens with two attached hydrogens (primary N) is 1. The zero-order chi connectivity index (χ0) is 13.1. The predicted octanol–water partition coefficient (Wildman–Crippen LogP) is 2.47. The van der Waals surface area contributed by atoms with Gasteiger partial charge < -0.3 is 10.6 Å². The van der Waals surface area contributed by atoms with Crippen molar-refractivity contribution in [2.45, 2.75) is 25.7 Å².